The van der Waals surface area contributed by atoms with Crippen LogP contribution in [-0.4, -0.2) is 43.5 Å². The summed E-state index contributed by atoms with van der Waals surface area (Å²) in [6.07, 6.45) is 0. The van der Waals surface area contributed by atoms with E-state index in [0.717, 1.165) is 5.69 Å². The Labute approximate surface area is 154 Å². The van der Waals surface area contributed by atoms with Gasteiger partial charge < -0.3 is 20.3 Å². The van der Waals surface area contributed by atoms with E-state index in [2.05, 4.69) is 10.6 Å². The Morgan fingerprint density at radius 2 is 1.77 bits per heavy atom. The maximum atomic E-state index is 12.4. The Kier molecular flexibility index (Phi) is 7.02. The monoisotopic (exact) mass is 355 g/mol. The first kappa shape index (κ1) is 19.3. The Balaban J connectivity index is 1.98. The number of nitrogens with zero attached hydrogens (tertiary/aromatic N) is 1. The van der Waals surface area contributed by atoms with E-state index in [4.69, 9.17) is 4.74 Å². The highest BCUT2D eigenvalue weighted by atomic mass is 16.5. The van der Waals surface area contributed by atoms with Gasteiger partial charge in [-0.25, -0.2) is 0 Å². The van der Waals surface area contributed by atoms with E-state index in [0.29, 0.717) is 30.1 Å². The molecule has 0 bridgehead atoms. The van der Waals surface area contributed by atoms with Gasteiger partial charge in [0.15, 0.2) is 0 Å². The summed E-state index contributed by atoms with van der Waals surface area (Å²) >= 11 is 0. The number of para-hydroxylation sites is 2. The van der Waals surface area contributed by atoms with Gasteiger partial charge in [-0.2, -0.15) is 0 Å². The van der Waals surface area contributed by atoms with E-state index < -0.39 is 0 Å². The van der Waals surface area contributed by atoms with Crippen molar-refractivity contribution in [2.24, 2.45) is 0 Å². The van der Waals surface area contributed by atoms with E-state index in [-0.39, 0.29) is 18.4 Å². The van der Waals surface area contributed by atoms with Crippen LogP contribution in [0.5, 0.6) is 5.75 Å². The highest BCUT2D eigenvalue weighted by Crippen LogP contribution is 2.22. The molecule has 0 aliphatic rings. The van der Waals surface area contributed by atoms with Crippen molar-refractivity contribution in [3.63, 3.8) is 0 Å². The minimum atomic E-state index is -0.199. The van der Waals surface area contributed by atoms with Crippen molar-refractivity contribution >= 4 is 23.2 Å². The molecule has 0 aliphatic heterocycles. The average Bonchev–Trinajstić information content (AvgIpc) is 2.68. The number of methoxy groups -OCH3 is 1. The molecule has 0 heterocycles. The molecule has 0 aliphatic carbocycles. The molecule has 0 saturated heterocycles. The average molecular weight is 355 g/mol. The molecule has 2 aromatic rings. The molecule has 0 spiro atoms. The molecule has 0 atom stereocenters. The fourth-order valence-electron chi connectivity index (χ4n) is 2.58. The maximum Gasteiger partial charge on any atom is 0.253 e. The summed E-state index contributed by atoms with van der Waals surface area (Å²) < 4.78 is 5.22. The fourth-order valence-corrected chi connectivity index (χ4v) is 2.58. The Hall–Kier alpha value is -3.02. The summed E-state index contributed by atoms with van der Waals surface area (Å²) in [5, 5.41) is 5.85. The lowest BCUT2D eigenvalue weighted by Gasteiger charge is -2.19. The van der Waals surface area contributed by atoms with Gasteiger partial charge in [-0.15, -0.1) is 0 Å². The van der Waals surface area contributed by atoms with Gasteiger partial charge in [0.1, 0.15) is 5.75 Å². The predicted molar refractivity (Wildman–Crippen MR) is 104 cm³/mol. The molecule has 6 nitrogen and oxygen atoms in total. The number of hydrogen-bond acceptors (Lipinski definition) is 4. The molecule has 2 aromatic carbocycles. The minimum Gasteiger partial charge on any atom is -0.495 e. The van der Waals surface area contributed by atoms with Crippen molar-refractivity contribution < 1.29 is 14.3 Å². The molecule has 138 valence electrons. The highest BCUT2D eigenvalue weighted by Gasteiger charge is 2.13. The number of nitrogens with one attached hydrogen (secondary N) is 2. The van der Waals surface area contributed by atoms with E-state index in [1.165, 1.54) is 0 Å². The zero-order valence-electron chi connectivity index (χ0n) is 15.4. The van der Waals surface area contributed by atoms with Crippen molar-refractivity contribution in [2.45, 2.75) is 13.8 Å². The van der Waals surface area contributed by atoms with Gasteiger partial charge in [-0.3, -0.25) is 9.59 Å². The van der Waals surface area contributed by atoms with Gasteiger partial charge in [0.2, 0.25) is 5.91 Å². The minimum absolute atomic E-state index is 0.0166. The van der Waals surface area contributed by atoms with E-state index in [1.807, 2.05) is 32.0 Å². The quantitative estimate of drug-likeness (QED) is 0.763. The molecule has 26 heavy (non-hydrogen) atoms. The number of rotatable bonds is 8. The standard InChI is InChI=1S/C20H25N3O3/c1-4-23(5-2)20(25)15-9-8-10-16(13-15)21-14-19(24)22-17-11-6-7-12-18(17)26-3/h6-13,21H,4-5,14H2,1-3H3,(H,22,24). The Bertz CT molecular complexity index is 757. The van der Waals surface area contributed by atoms with Gasteiger partial charge in [0.25, 0.3) is 5.91 Å². The summed E-state index contributed by atoms with van der Waals surface area (Å²) in [7, 11) is 1.56. The third-order valence-electron chi connectivity index (χ3n) is 3.99. The number of carbonyl (C=O) groups excluding carboxylic acids is 2. The number of hydrogen-bond donors (Lipinski definition) is 2. The Morgan fingerprint density at radius 3 is 2.46 bits per heavy atom. The van der Waals surface area contributed by atoms with Crippen molar-refractivity contribution in [3.05, 3.63) is 54.1 Å². The van der Waals surface area contributed by atoms with Crippen LogP contribution in [0.25, 0.3) is 0 Å². The van der Waals surface area contributed by atoms with Gasteiger partial charge in [-0.05, 0) is 44.2 Å². The fraction of sp³-hybridized carbons (Fsp3) is 0.300. The largest absolute Gasteiger partial charge is 0.495 e. The molecular weight excluding hydrogens is 330 g/mol. The van der Waals surface area contributed by atoms with Crippen LogP contribution >= 0.6 is 0 Å². The number of carbonyl (C=O) groups is 2. The molecule has 0 fully saturated rings. The molecule has 0 aromatic heterocycles. The van der Waals surface area contributed by atoms with Crippen LogP contribution in [0.15, 0.2) is 48.5 Å². The molecular formula is C20H25N3O3. The second-order valence-electron chi connectivity index (χ2n) is 5.66. The van der Waals surface area contributed by atoms with Gasteiger partial charge >= 0.3 is 0 Å². The predicted octanol–water partition coefficient (Wildman–Crippen LogP) is 3.23. The number of benzene rings is 2. The van der Waals surface area contributed by atoms with Crippen molar-refractivity contribution in [3.8, 4) is 5.75 Å². The lowest BCUT2D eigenvalue weighted by molar-refractivity contribution is -0.114. The first-order chi connectivity index (χ1) is 12.6. The number of ether oxygens (including phenoxy) is 1. The van der Waals surface area contributed by atoms with Crippen molar-refractivity contribution in [2.75, 3.05) is 37.4 Å². The highest BCUT2D eigenvalue weighted by molar-refractivity contribution is 5.96. The normalized spacial score (nSPS) is 10.1. The summed E-state index contributed by atoms with van der Waals surface area (Å²) in [6.45, 7) is 5.31. The molecule has 0 saturated carbocycles. The summed E-state index contributed by atoms with van der Waals surface area (Å²) in [5.41, 5.74) is 1.94. The lowest BCUT2D eigenvalue weighted by atomic mass is 10.1. The zero-order valence-corrected chi connectivity index (χ0v) is 15.4. The SMILES string of the molecule is CCN(CC)C(=O)c1cccc(NCC(=O)Nc2ccccc2OC)c1. The van der Waals surface area contributed by atoms with E-state index in [1.54, 1.807) is 42.3 Å². The van der Waals surface area contributed by atoms with E-state index in [9.17, 15) is 9.59 Å². The van der Waals surface area contributed by atoms with Crippen LogP contribution in [0, 0.1) is 0 Å². The molecule has 6 heteroatoms. The Morgan fingerprint density at radius 1 is 1.04 bits per heavy atom. The molecule has 2 N–H and O–H groups in total. The zero-order chi connectivity index (χ0) is 18.9. The van der Waals surface area contributed by atoms with Crippen LogP contribution in [0.1, 0.15) is 24.2 Å². The summed E-state index contributed by atoms with van der Waals surface area (Å²) in [6, 6.07) is 14.4. The second-order valence-corrected chi connectivity index (χ2v) is 5.66. The number of amides is 2. The molecule has 0 radical (unpaired) electrons. The molecule has 2 rings (SSSR count). The molecule has 0 unspecified atom stereocenters. The maximum absolute atomic E-state index is 12.4. The van der Waals surface area contributed by atoms with Crippen molar-refractivity contribution in [1.82, 2.24) is 4.90 Å². The first-order valence-electron chi connectivity index (χ1n) is 8.65. The van der Waals surface area contributed by atoms with Crippen molar-refractivity contribution in [1.29, 1.82) is 0 Å². The van der Waals surface area contributed by atoms with Crippen LogP contribution in [0.4, 0.5) is 11.4 Å². The van der Waals surface area contributed by atoms with Crippen LogP contribution in [0.3, 0.4) is 0 Å². The van der Waals surface area contributed by atoms with Crippen LogP contribution in [-0.2, 0) is 4.79 Å². The third-order valence-corrected chi connectivity index (χ3v) is 3.99. The van der Waals surface area contributed by atoms with E-state index >= 15 is 0 Å². The molecule has 2 amide bonds. The van der Waals surface area contributed by atoms with Gasteiger partial charge in [0.05, 0.1) is 19.3 Å². The second kappa shape index (κ2) is 9.46. The summed E-state index contributed by atoms with van der Waals surface area (Å²) in [4.78, 5) is 26.3. The third kappa shape index (κ3) is 4.99. The van der Waals surface area contributed by atoms with Crippen LogP contribution < -0.4 is 15.4 Å². The van der Waals surface area contributed by atoms with Crippen LogP contribution in [0.2, 0.25) is 0 Å². The smallest absolute Gasteiger partial charge is 0.253 e. The topological polar surface area (TPSA) is 70.7 Å². The lowest BCUT2D eigenvalue weighted by Crippen LogP contribution is -2.30. The van der Waals surface area contributed by atoms with Gasteiger partial charge in [-0.1, -0.05) is 18.2 Å². The van der Waals surface area contributed by atoms with Gasteiger partial charge in [0, 0.05) is 24.3 Å². The summed E-state index contributed by atoms with van der Waals surface area (Å²) in [5.74, 6) is 0.389. The first-order valence-corrected chi connectivity index (χ1v) is 8.65. The number of anilines is 2.